The van der Waals surface area contributed by atoms with Crippen molar-refractivity contribution in [3.05, 3.63) is 18.2 Å². The Labute approximate surface area is 165 Å². The Balaban J connectivity index is 1.92. The van der Waals surface area contributed by atoms with E-state index in [2.05, 4.69) is 10.3 Å². The molecule has 0 saturated heterocycles. The van der Waals surface area contributed by atoms with Gasteiger partial charge in [0, 0.05) is 18.4 Å². The van der Waals surface area contributed by atoms with Crippen LogP contribution in [0, 0.1) is 0 Å². The summed E-state index contributed by atoms with van der Waals surface area (Å²) in [7, 11) is 0. The standard InChI is InChI=1S/C18H22N2O5S2/c1-11(21)24-7-8-26-17-20-13-6-5-12(9-14(13)27-17)19-15(22)10-16(23)25-18(2,3)4/h5-6,9H,7-8,10H2,1-4H3,(H,19,22). The van der Waals surface area contributed by atoms with E-state index in [9.17, 15) is 14.4 Å². The molecule has 9 heteroatoms. The highest BCUT2D eigenvalue weighted by Gasteiger charge is 2.19. The van der Waals surface area contributed by atoms with Gasteiger partial charge in [0.15, 0.2) is 4.34 Å². The predicted octanol–water partition coefficient (Wildman–Crippen LogP) is 3.62. The fourth-order valence-corrected chi connectivity index (χ4v) is 4.07. The van der Waals surface area contributed by atoms with Crippen molar-refractivity contribution < 1.29 is 23.9 Å². The first-order valence-electron chi connectivity index (χ1n) is 8.31. The summed E-state index contributed by atoms with van der Waals surface area (Å²) in [4.78, 5) is 39.0. The average molecular weight is 411 g/mol. The maximum Gasteiger partial charge on any atom is 0.315 e. The Morgan fingerprint density at radius 2 is 2.00 bits per heavy atom. The third kappa shape index (κ3) is 7.56. The van der Waals surface area contributed by atoms with Crippen LogP contribution >= 0.6 is 23.1 Å². The number of rotatable bonds is 7. The quantitative estimate of drug-likeness (QED) is 0.322. The zero-order chi connectivity index (χ0) is 20.0. The fraction of sp³-hybridized carbons (Fsp3) is 0.444. The molecular weight excluding hydrogens is 388 g/mol. The third-order valence-corrected chi connectivity index (χ3v) is 5.12. The molecule has 146 valence electrons. The minimum atomic E-state index is -0.623. The predicted molar refractivity (Wildman–Crippen MR) is 106 cm³/mol. The van der Waals surface area contributed by atoms with Crippen molar-refractivity contribution in [2.75, 3.05) is 17.7 Å². The molecule has 0 fully saturated rings. The molecule has 0 atom stereocenters. The van der Waals surface area contributed by atoms with Crippen molar-refractivity contribution in [2.45, 2.75) is 44.1 Å². The lowest BCUT2D eigenvalue weighted by Crippen LogP contribution is -2.27. The van der Waals surface area contributed by atoms with Crippen LogP contribution in [0.4, 0.5) is 5.69 Å². The number of esters is 2. The number of nitrogens with zero attached hydrogens (tertiary/aromatic N) is 1. The average Bonchev–Trinajstić information content (AvgIpc) is 2.91. The van der Waals surface area contributed by atoms with E-state index in [-0.39, 0.29) is 12.4 Å². The number of aromatic nitrogens is 1. The summed E-state index contributed by atoms with van der Waals surface area (Å²) in [5.74, 6) is -0.667. The molecule has 0 spiro atoms. The van der Waals surface area contributed by atoms with Crippen LogP contribution in [-0.4, -0.2) is 40.8 Å². The maximum absolute atomic E-state index is 12.0. The van der Waals surface area contributed by atoms with Crippen molar-refractivity contribution >= 4 is 56.8 Å². The second kappa shape index (κ2) is 9.18. The van der Waals surface area contributed by atoms with E-state index in [4.69, 9.17) is 9.47 Å². The number of fused-ring (bicyclic) bond motifs is 1. The Kier molecular flexibility index (Phi) is 7.20. The molecule has 0 saturated carbocycles. The highest BCUT2D eigenvalue weighted by Crippen LogP contribution is 2.31. The van der Waals surface area contributed by atoms with Crippen molar-refractivity contribution in [2.24, 2.45) is 0 Å². The number of hydrogen-bond acceptors (Lipinski definition) is 8. The van der Waals surface area contributed by atoms with E-state index in [1.807, 2.05) is 12.1 Å². The second-order valence-electron chi connectivity index (χ2n) is 6.66. The van der Waals surface area contributed by atoms with Crippen LogP contribution in [0.1, 0.15) is 34.1 Å². The van der Waals surface area contributed by atoms with E-state index < -0.39 is 17.5 Å². The summed E-state index contributed by atoms with van der Waals surface area (Å²) in [6.07, 6.45) is -0.338. The number of nitrogens with one attached hydrogen (secondary N) is 1. The molecule has 1 heterocycles. The third-order valence-electron chi connectivity index (χ3n) is 2.99. The first-order valence-corrected chi connectivity index (χ1v) is 10.1. The number of carbonyl (C=O) groups excluding carboxylic acids is 3. The van der Waals surface area contributed by atoms with Gasteiger partial charge in [0.25, 0.3) is 0 Å². The fourth-order valence-electron chi connectivity index (χ4n) is 2.07. The molecule has 1 amide bonds. The van der Waals surface area contributed by atoms with Crippen molar-refractivity contribution in [3.63, 3.8) is 0 Å². The van der Waals surface area contributed by atoms with Gasteiger partial charge >= 0.3 is 11.9 Å². The summed E-state index contributed by atoms with van der Waals surface area (Å²) in [6.45, 7) is 6.97. The number of carbonyl (C=O) groups is 3. The van der Waals surface area contributed by atoms with E-state index in [1.165, 1.54) is 30.0 Å². The Hall–Kier alpha value is -2.13. The molecular formula is C18H22N2O5S2. The summed E-state index contributed by atoms with van der Waals surface area (Å²) in [5, 5.41) is 2.70. The summed E-state index contributed by atoms with van der Waals surface area (Å²) >= 11 is 2.99. The molecule has 2 rings (SSSR count). The van der Waals surface area contributed by atoms with Crippen molar-refractivity contribution in [1.82, 2.24) is 4.98 Å². The highest BCUT2D eigenvalue weighted by molar-refractivity contribution is 8.01. The number of ether oxygens (including phenoxy) is 2. The van der Waals surface area contributed by atoms with Gasteiger partial charge in [-0.1, -0.05) is 11.8 Å². The number of thiazole rings is 1. The minimum Gasteiger partial charge on any atom is -0.465 e. The smallest absolute Gasteiger partial charge is 0.315 e. The van der Waals surface area contributed by atoms with Gasteiger partial charge in [-0.05, 0) is 39.0 Å². The molecule has 1 aromatic carbocycles. The van der Waals surface area contributed by atoms with E-state index in [0.29, 0.717) is 18.0 Å². The topological polar surface area (TPSA) is 94.6 Å². The molecule has 0 aliphatic rings. The molecule has 0 radical (unpaired) electrons. The SMILES string of the molecule is CC(=O)OCCSc1nc2ccc(NC(=O)CC(=O)OC(C)(C)C)cc2s1. The first kappa shape index (κ1) is 21.2. The lowest BCUT2D eigenvalue weighted by Gasteiger charge is -2.19. The molecule has 0 unspecified atom stereocenters. The molecule has 1 aromatic heterocycles. The van der Waals surface area contributed by atoms with Crippen LogP contribution in [0.25, 0.3) is 10.2 Å². The maximum atomic E-state index is 12.0. The summed E-state index contributed by atoms with van der Waals surface area (Å²) in [6, 6.07) is 5.36. The van der Waals surface area contributed by atoms with Gasteiger partial charge in [-0.25, -0.2) is 4.98 Å². The molecule has 2 aromatic rings. The lowest BCUT2D eigenvalue weighted by molar-refractivity contribution is -0.155. The van der Waals surface area contributed by atoms with Crippen molar-refractivity contribution in [1.29, 1.82) is 0 Å². The van der Waals surface area contributed by atoms with Gasteiger partial charge in [0.1, 0.15) is 18.6 Å². The summed E-state index contributed by atoms with van der Waals surface area (Å²) in [5.41, 5.74) is 0.791. The van der Waals surface area contributed by atoms with Crippen molar-refractivity contribution in [3.8, 4) is 0 Å². The molecule has 0 bridgehead atoms. The van der Waals surface area contributed by atoms with E-state index in [0.717, 1.165) is 14.6 Å². The Bertz CT molecular complexity index is 842. The first-order chi connectivity index (χ1) is 12.6. The number of benzene rings is 1. The highest BCUT2D eigenvalue weighted by atomic mass is 32.2. The zero-order valence-electron chi connectivity index (χ0n) is 15.7. The van der Waals surface area contributed by atoms with Crippen LogP contribution in [0.2, 0.25) is 0 Å². The Morgan fingerprint density at radius 3 is 2.67 bits per heavy atom. The van der Waals surface area contributed by atoms with Gasteiger partial charge in [-0.3, -0.25) is 14.4 Å². The largest absolute Gasteiger partial charge is 0.465 e. The van der Waals surface area contributed by atoms with Gasteiger partial charge in [-0.15, -0.1) is 11.3 Å². The van der Waals surface area contributed by atoms with Crippen LogP contribution in [-0.2, 0) is 23.9 Å². The van der Waals surface area contributed by atoms with Crippen LogP contribution in [0.3, 0.4) is 0 Å². The molecule has 1 N–H and O–H groups in total. The van der Waals surface area contributed by atoms with E-state index in [1.54, 1.807) is 26.8 Å². The number of thioether (sulfide) groups is 1. The van der Waals surface area contributed by atoms with Gasteiger partial charge < -0.3 is 14.8 Å². The normalized spacial score (nSPS) is 11.3. The number of hydrogen-bond donors (Lipinski definition) is 1. The van der Waals surface area contributed by atoms with Crippen LogP contribution in [0.5, 0.6) is 0 Å². The molecule has 7 nitrogen and oxygen atoms in total. The monoisotopic (exact) mass is 410 g/mol. The lowest BCUT2D eigenvalue weighted by atomic mass is 10.2. The Morgan fingerprint density at radius 1 is 1.26 bits per heavy atom. The summed E-state index contributed by atoms with van der Waals surface area (Å²) < 4.78 is 11.8. The number of amides is 1. The number of anilines is 1. The molecule has 0 aliphatic carbocycles. The van der Waals surface area contributed by atoms with Gasteiger partial charge in [-0.2, -0.15) is 0 Å². The molecule has 0 aliphatic heterocycles. The minimum absolute atomic E-state index is 0.299. The van der Waals surface area contributed by atoms with E-state index >= 15 is 0 Å². The van der Waals surface area contributed by atoms with Crippen LogP contribution in [0.15, 0.2) is 22.5 Å². The van der Waals surface area contributed by atoms with Gasteiger partial charge in [0.2, 0.25) is 5.91 Å². The van der Waals surface area contributed by atoms with Crippen LogP contribution < -0.4 is 5.32 Å². The van der Waals surface area contributed by atoms with Gasteiger partial charge in [0.05, 0.1) is 10.2 Å². The second-order valence-corrected chi connectivity index (χ2v) is 9.03. The zero-order valence-corrected chi connectivity index (χ0v) is 17.3. The molecule has 27 heavy (non-hydrogen) atoms.